The monoisotopic (exact) mass is 248 g/mol. The Labute approximate surface area is 109 Å². The Bertz CT molecular complexity index is 432. The molecular formula is C15H21FN2. The fourth-order valence-corrected chi connectivity index (χ4v) is 1.75. The zero-order valence-electron chi connectivity index (χ0n) is 11.2. The summed E-state index contributed by atoms with van der Waals surface area (Å²) >= 11 is 0. The molecule has 0 fully saturated rings. The lowest BCUT2D eigenvalue weighted by Crippen LogP contribution is -2.19. The molecule has 0 saturated carbocycles. The van der Waals surface area contributed by atoms with Crippen LogP contribution in [0.25, 0.3) is 0 Å². The number of benzene rings is 1. The van der Waals surface area contributed by atoms with Gasteiger partial charge in [-0.25, -0.2) is 4.39 Å². The highest BCUT2D eigenvalue weighted by atomic mass is 19.1. The summed E-state index contributed by atoms with van der Waals surface area (Å²) in [6, 6.07) is 4.76. The molecule has 0 radical (unpaired) electrons. The van der Waals surface area contributed by atoms with E-state index in [1.54, 1.807) is 6.07 Å². The van der Waals surface area contributed by atoms with Gasteiger partial charge in [0.2, 0.25) is 0 Å². The van der Waals surface area contributed by atoms with Crippen molar-refractivity contribution in [3.8, 4) is 11.8 Å². The normalized spacial score (nSPS) is 10.3. The number of unbranched alkanes of at least 4 members (excludes halogenated alkanes) is 1. The second-order valence-corrected chi connectivity index (χ2v) is 4.40. The lowest BCUT2D eigenvalue weighted by atomic mass is 10.1. The van der Waals surface area contributed by atoms with Gasteiger partial charge in [-0.15, -0.1) is 0 Å². The van der Waals surface area contributed by atoms with Gasteiger partial charge < -0.3 is 10.6 Å². The van der Waals surface area contributed by atoms with Crippen LogP contribution in [-0.4, -0.2) is 25.0 Å². The topological polar surface area (TPSA) is 29.3 Å². The standard InChI is InChI=1S/C15H21FN2/c1-3-4-10-18(2)12-14-7-8-15(16)11-13(14)6-5-9-17/h7-8,11H,3-4,9-10,12,17H2,1-2H3. The van der Waals surface area contributed by atoms with E-state index in [1.807, 2.05) is 0 Å². The first kappa shape index (κ1) is 14.7. The van der Waals surface area contributed by atoms with Crippen molar-refractivity contribution in [2.45, 2.75) is 26.3 Å². The summed E-state index contributed by atoms with van der Waals surface area (Å²) in [5.74, 6) is 5.46. The summed E-state index contributed by atoms with van der Waals surface area (Å²) in [6.45, 7) is 4.29. The quantitative estimate of drug-likeness (QED) is 0.811. The predicted molar refractivity (Wildman–Crippen MR) is 73.6 cm³/mol. The van der Waals surface area contributed by atoms with Crippen molar-refractivity contribution in [1.82, 2.24) is 4.90 Å². The Balaban J connectivity index is 2.80. The van der Waals surface area contributed by atoms with Crippen molar-refractivity contribution in [1.29, 1.82) is 0 Å². The second kappa shape index (κ2) is 7.86. The molecule has 0 aliphatic heterocycles. The van der Waals surface area contributed by atoms with Gasteiger partial charge in [-0.1, -0.05) is 31.3 Å². The van der Waals surface area contributed by atoms with E-state index in [2.05, 4.69) is 30.7 Å². The van der Waals surface area contributed by atoms with Gasteiger partial charge in [0.25, 0.3) is 0 Å². The van der Waals surface area contributed by atoms with Gasteiger partial charge in [-0.05, 0) is 37.7 Å². The smallest absolute Gasteiger partial charge is 0.124 e. The molecule has 0 spiro atoms. The summed E-state index contributed by atoms with van der Waals surface area (Å²) in [5.41, 5.74) is 7.15. The van der Waals surface area contributed by atoms with E-state index >= 15 is 0 Å². The molecule has 0 heterocycles. The van der Waals surface area contributed by atoms with Gasteiger partial charge in [-0.3, -0.25) is 0 Å². The summed E-state index contributed by atoms with van der Waals surface area (Å²) in [5, 5.41) is 0. The minimum Gasteiger partial charge on any atom is -0.320 e. The largest absolute Gasteiger partial charge is 0.320 e. The Morgan fingerprint density at radius 1 is 1.39 bits per heavy atom. The highest BCUT2D eigenvalue weighted by Gasteiger charge is 2.05. The van der Waals surface area contributed by atoms with Crippen molar-refractivity contribution >= 4 is 0 Å². The Morgan fingerprint density at radius 2 is 2.17 bits per heavy atom. The highest BCUT2D eigenvalue weighted by Crippen LogP contribution is 2.12. The average molecular weight is 248 g/mol. The van der Waals surface area contributed by atoms with Crippen molar-refractivity contribution in [2.24, 2.45) is 5.73 Å². The zero-order chi connectivity index (χ0) is 13.4. The third-order valence-electron chi connectivity index (χ3n) is 2.73. The molecule has 3 heteroatoms. The molecule has 2 nitrogen and oxygen atoms in total. The maximum absolute atomic E-state index is 13.2. The van der Waals surface area contributed by atoms with Crippen LogP contribution in [0, 0.1) is 17.7 Å². The third-order valence-corrected chi connectivity index (χ3v) is 2.73. The van der Waals surface area contributed by atoms with E-state index < -0.39 is 0 Å². The SMILES string of the molecule is CCCCN(C)Cc1ccc(F)cc1C#CCN. The molecule has 0 atom stereocenters. The summed E-state index contributed by atoms with van der Waals surface area (Å²) in [4.78, 5) is 2.23. The summed E-state index contributed by atoms with van der Waals surface area (Å²) in [7, 11) is 2.07. The van der Waals surface area contributed by atoms with Crippen LogP contribution < -0.4 is 5.73 Å². The van der Waals surface area contributed by atoms with Gasteiger partial charge in [-0.2, -0.15) is 0 Å². The summed E-state index contributed by atoms with van der Waals surface area (Å²) < 4.78 is 13.2. The van der Waals surface area contributed by atoms with Crippen LogP contribution in [0.5, 0.6) is 0 Å². The lowest BCUT2D eigenvalue weighted by Gasteiger charge is -2.17. The van der Waals surface area contributed by atoms with Crippen molar-refractivity contribution in [3.05, 3.63) is 35.1 Å². The van der Waals surface area contributed by atoms with E-state index in [4.69, 9.17) is 5.73 Å². The molecule has 0 bridgehead atoms. The van der Waals surface area contributed by atoms with Crippen molar-refractivity contribution in [2.75, 3.05) is 20.1 Å². The summed E-state index contributed by atoms with van der Waals surface area (Å²) in [6.07, 6.45) is 2.34. The van der Waals surface area contributed by atoms with Gasteiger partial charge in [0.05, 0.1) is 6.54 Å². The van der Waals surface area contributed by atoms with E-state index in [0.29, 0.717) is 6.54 Å². The van der Waals surface area contributed by atoms with Gasteiger partial charge in [0, 0.05) is 12.1 Å². The zero-order valence-corrected chi connectivity index (χ0v) is 11.2. The average Bonchev–Trinajstić information content (AvgIpc) is 2.36. The fraction of sp³-hybridized carbons (Fsp3) is 0.467. The maximum atomic E-state index is 13.2. The lowest BCUT2D eigenvalue weighted by molar-refractivity contribution is 0.320. The van der Waals surface area contributed by atoms with Crippen molar-refractivity contribution < 1.29 is 4.39 Å². The van der Waals surface area contributed by atoms with Gasteiger partial charge in [0.1, 0.15) is 5.82 Å². The predicted octanol–water partition coefficient (Wildman–Crippen LogP) is 2.37. The molecule has 0 aliphatic carbocycles. The molecule has 2 N–H and O–H groups in total. The molecule has 0 saturated heterocycles. The van der Waals surface area contributed by atoms with Crippen LogP contribution in [0.4, 0.5) is 4.39 Å². The Hall–Kier alpha value is -1.37. The molecule has 0 unspecified atom stereocenters. The molecule has 18 heavy (non-hydrogen) atoms. The first-order valence-corrected chi connectivity index (χ1v) is 6.33. The van der Waals surface area contributed by atoms with E-state index in [0.717, 1.165) is 24.2 Å². The van der Waals surface area contributed by atoms with E-state index in [9.17, 15) is 4.39 Å². The maximum Gasteiger partial charge on any atom is 0.124 e. The number of hydrogen-bond donors (Lipinski definition) is 1. The first-order valence-electron chi connectivity index (χ1n) is 6.33. The van der Waals surface area contributed by atoms with Crippen LogP contribution in [0.2, 0.25) is 0 Å². The fourth-order valence-electron chi connectivity index (χ4n) is 1.75. The molecule has 1 aromatic rings. The van der Waals surface area contributed by atoms with Crippen LogP contribution in [0.1, 0.15) is 30.9 Å². The van der Waals surface area contributed by atoms with Crippen LogP contribution in [0.3, 0.4) is 0 Å². The minimum absolute atomic E-state index is 0.253. The Morgan fingerprint density at radius 3 is 2.83 bits per heavy atom. The molecule has 0 aliphatic rings. The van der Waals surface area contributed by atoms with E-state index in [-0.39, 0.29) is 5.82 Å². The highest BCUT2D eigenvalue weighted by molar-refractivity contribution is 5.41. The molecule has 1 rings (SSSR count). The molecule has 98 valence electrons. The van der Waals surface area contributed by atoms with Crippen LogP contribution in [0.15, 0.2) is 18.2 Å². The minimum atomic E-state index is -0.253. The Kier molecular flexibility index (Phi) is 6.42. The number of nitrogens with two attached hydrogens (primary N) is 1. The number of hydrogen-bond acceptors (Lipinski definition) is 2. The first-order chi connectivity index (χ1) is 8.67. The number of halogens is 1. The molecule has 0 aromatic heterocycles. The molecular weight excluding hydrogens is 227 g/mol. The van der Waals surface area contributed by atoms with Crippen LogP contribution in [-0.2, 0) is 6.54 Å². The number of rotatable bonds is 5. The number of nitrogens with zero attached hydrogens (tertiary/aromatic N) is 1. The van der Waals surface area contributed by atoms with Crippen LogP contribution >= 0.6 is 0 Å². The molecule has 1 aromatic carbocycles. The van der Waals surface area contributed by atoms with Crippen molar-refractivity contribution in [3.63, 3.8) is 0 Å². The van der Waals surface area contributed by atoms with Gasteiger partial charge >= 0.3 is 0 Å². The second-order valence-electron chi connectivity index (χ2n) is 4.40. The van der Waals surface area contributed by atoms with E-state index in [1.165, 1.54) is 25.0 Å². The van der Waals surface area contributed by atoms with Gasteiger partial charge in [0.15, 0.2) is 0 Å². The third kappa shape index (κ3) is 4.87. The molecule has 0 amide bonds.